The Morgan fingerprint density at radius 3 is 2.32 bits per heavy atom. The number of nitrogens with one attached hydrogen (secondary N) is 1. The van der Waals surface area contributed by atoms with Crippen LogP contribution in [0.15, 0.2) is 36.4 Å². The SMILES string of the molecule is COc1cccc(C(=O)Nc2cc(OC)c(OC)cc2N)c1. The first-order valence-corrected chi connectivity index (χ1v) is 6.56. The minimum absolute atomic E-state index is 0.294. The van der Waals surface area contributed by atoms with E-state index in [1.165, 1.54) is 14.2 Å². The van der Waals surface area contributed by atoms with Crippen molar-refractivity contribution in [1.82, 2.24) is 0 Å². The monoisotopic (exact) mass is 302 g/mol. The number of rotatable bonds is 5. The molecule has 0 fully saturated rings. The van der Waals surface area contributed by atoms with Crippen molar-refractivity contribution < 1.29 is 19.0 Å². The van der Waals surface area contributed by atoms with Gasteiger partial charge in [0.1, 0.15) is 5.75 Å². The Hall–Kier alpha value is -2.89. The van der Waals surface area contributed by atoms with Gasteiger partial charge in [-0.2, -0.15) is 0 Å². The van der Waals surface area contributed by atoms with E-state index in [-0.39, 0.29) is 5.91 Å². The number of carbonyl (C=O) groups is 1. The van der Waals surface area contributed by atoms with E-state index in [1.807, 2.05) is 0 Å². The van der Waals surface area contributed by atoms with Gasteiger partial charge in [-0.25, -0.2) is 0 Å². The third-order valence-electron chi connectivity index (χ3n) is 3.14. The number of hydrogen-bond acceptors (Lipinski definition) is 5. The number of anilines is 2. The van der Waals surface area contributed by atoms with Crippen LogP contribution in [0.3, 0.4) is 0 Å². The molecule has 0 aromatic heterocycles. The zero-order valence-corrected chi connectivity index (χ0v) is 12.7. The number of hydrogen-bond donors (Lipinski definition) is 2. The average molecular weight is 302 g/mol. The van der Waals surface area contributed by atoms with Gasteiger partial charge in [-0.05, 0) is 18.2 Å². The Morgan fingerprint density at radius 2 is 1.68 bits per heavy atom. The van der Waals surface area contributed by atoms with Crippen molar-refractivity contribution in [3.8, 4) is 17.2 Å². The van der Waals surface area contributed by atoms with Crippen LogP contribution in [0.2, 0.25) is 0 Å². The smallest absolute Gasteiger partial charge is 0.255 e. The largest absolute Gasteiger partial charge is 0.497 e. The second kappa shape index (κ2) is 6.71. The predicted molar refractivity (Wildman–Crippen MR) is 84.9 cm³/mol. The predicted octanol–water partition coefficient (Wildman–Crippen LogP) is 2.55. The van der Waals surface area contributed by atoms with Gasteiger partial charge in [0.25, 0.3) is 5.91 Å². The second-order valence-electron chi connectivity index (χ2n) is 4.48. The van der Waals surface area contributed by atoms with Gasteiger partial charge in [-0.3, -0.25) is 4.79 Å². The van der Waals surface area contributed by atoms with Gasteiger partial charge < -0.3 is 25.3 Å². The normalized spacial score (nSPS) is 9.95. The maximum atomic E-state index is 12.3. The van der Waals surface area contributed by atoms with E-state index in [2.05, 4.69) is 5.32 Å². The minimum atomic E-state index is -0.294. The molecule has 1 amide bonds. The zero-order chi connectivity index (χ0) is 16.1. The molecule has 0 aliphatic heterocycles. The van der Waals surface area contributed by atoms with E-state index in [0.717, 1.165) is 0 Å². The van der Waals surface area contributed by atoms with Gasteiger partial charge in [-0.15, -0.1) is 0 Å². The summed E-state index contributed by atoms with van der Waals surface area (Å²) in [6.07, 6.45) is 0. The summed E-state index contributed by atoms with van der Waals surface area (Å²) in [6.45, 7) is 0. The summed E-state index contributed by atoms with van der Waals surface area (Å²) >= 11 is 0. The molecule has 116 valence electrons. The van der Waals surface area contributed by atoms with E-state index in [9.17, 15) is 4.79 Å². The van der Waals surface area contributed by atoms with Crippen LogP contribution in [0.4, 0.5) is 11.4 Å². The lowest BCUT2D eigenvalue weighted by molar-refractivity contribution is 0.102. The van der Waals surface area contributed by atoms with Crippen molar-refractivity contribution >= 4 is 17.3 Å². The molecular formula is C16H18N2O4. The highest BCUT2D eigenvalue weighted by Gasteiger charge is 2.13. The van der Waals surface area contributed by atoms with Gasteiger partial charge in [0.05, 0.1) is 32.7 Å². The number of ether oxygens (including phenoxy) is 3. The van der Waals surface area contributed by atoms with Crippen molar-refractivity contribution in [3.63, 3.8) is 0 Å². The highest BCUT2D eigenvalue weighted by atomic mass is 16.5. The van der Waals surface area contributed by atoms with E-state index in [1.54, 1.807) is 43.5 Å². The average Bonchev–Trinajstić information content (AvgIpc) is 2.56. The lowest BCUT2D eigenvalue weighted by atomic mass is 10.2. The van der Waals surface area contributed by atoms with E-state index >= 15 is 0 Å². The molecule has 0 aliphatic carbocycles. The number of benzene rings is 2. The Labute approximate surface area is 128 Å². The van der Waals surface area contributed by atoms with Crippen LogP contribution >= 0.6 is 0 Å². The Kier molecular flexibility index (Phi) is 4.73. The van der Waals surface area contributed by atoms with Gasteiger partial charge in [0.15, 0.2) is 11.5 Å². The highest BCUT2D eigenvalue weighted by molar-refractivity contribution is 6.06. The lowest BCUT2D eigenvalue weighted by Gasteiger charge is -2.13. The molecular weight excluding hydrogens is 284 g/mol. The zero-order valence-electron chi connectivity index (χ0n) is 12.7. The molecule has 6 heteroatoms. The molecule has 0 saturated heterocycles. The number of nitrogen functional groups attached to an aromatic ring is 1. The molecule has 6 nitrogen and oxygen atoms in total. The van der Waals surface area contributed by atoms with Crippen LogP contribution in [0.5, 0.6) is 17.2 Å². The molecule has 0 spiro atoms. The van der Waals surface area contributed by atoms with Crippen molar-refractivity contribution in [2.75, 3.05) is 32.4 Å². The summed E-state index contributed by atoms with van der Waals surface area (Å²) in [5.74, 6) is 1.29. The number of nitrogens with two attached hydrogens (primary N) is 1. The Balaban J connectivity index is 2.27. The van der Waals surface area contributed by atoms with E-state index < -0.39 is 0 Å². The summed E-state index contributed by atoms with van der Waals surface area (Å²) in [5, 5.41) is 2.75. The molecule has 0 unspecified atom stereocenters. The molecule has 22 heavy (non-hydrogen) atoms. The number of amides is 1. The van der Waals surface area contributed by atoms with E-state index in [0.29, 0.717) is 34.2 Å². The fourth-order valence-corrected chi connectivity index (χ4v) is 1.96. The third-order valence-corrected chi connectivity index (χ3v) is 3.14. The molecule has 0 radical (unpaired) electrons. The summed E-state index contributed by atoms with van der Waals surface area (Å²) in [4.78, 5) is 12.3. The fourth-order valence-electron chi connectivity index (χ4n) is 1.96. The number of carbonyl (C=O) groups excluding carboxylic acids is 1. The first-order valence-electron chi connectivity index (χ1n) is 6.56. The van der Waals surface area contributed by atoms with Crippen molar-refractivity contribution in [3.05, 3.63) is 42.0 Å². The topological polar surface area (TPSA) is 82.8 Å². The maximum absolute atomic E-state index is 12.3. The maximum Gasteiger partial charge on any atom is 0.255 e. The van der Waals surface area contributed by atoms with Crippen LogP contribution in [0.1, 0.15) is 10.4 Å². The highest BCUT2D eigenvalue weighted by Crippen LogP contribution is 2.35. The molecule has 0 atom stereocenters. The van der Waals surface area contributed by atoms with Crippen LogP contribution in [0, 0.1) is 0 Å². The Morgan fingerprint density at radius 1 is 1.00 bits per heavy atom. The van der Waals surface area contributed by atoms with Crippen molar-refractivity contribution in [2.45, 2.75) is 0 Å². The fraction of sp³-hybridized carbons (Fsp3) is 0.188. The van der Waals surface area contributed by atoms with Gasteiger partial charge in [0.2, 0.25) is 0 Å². The summed E-state index contributed by atoms with van der Waals surface area (Å²) in [5.41, 5.74) is 7.23. The van der Waals surface area contributed by atoms with Crippen LogP contribution in [0.25, 0.3) is 0 Å². The van der Waals surface area contributed by atoms with Gasteiger partial charge in [0, 0.05) is 17.7 Å². The molecule has 0 saturated carbocycles. The summed E-state index contributed by atoms with van der Waals surface area (Å²) in [6, 6.07) is 10.1. The van der Waals surface area contributed by atoms with Crippen LogP contribution < -0.4 is 25.3 Å². The van der Waals surface area contributed by atoms with Crippen LogP contribution in [-0.2, 0) is 0 Å². The minimum Gasteiger partial charge on any atom is -0.497 e. The first-order chi connectivity index (χ1) is 10.6. The molecule has 0 aliphatic rings. The van der Waals surface area contributed by atoms with Gasteiger partial charge >= 0.3 is 0 Å². The molecule has 2 aromatic carbocycles. The standard InChI is InChI=1S/C16H18N2O4/c1-20-11-6-4-5-10(7-11)16(19)18-13-9-15(22-3)14(21-2)8-12(13)17/h4-9H,17H2,1-3H3,(H,18,19). The molecule has 3 N–H and O–H groups in total. The number of methoxy groups -OCH3 is 3. The van der Waals surface area contributed by atoms with Gasteiger partial charge in [-0.1, -0.05) is 6.07 Å². The van der Waals surface area contributed by atoms with E-state index in [4.69, 9.17) is 19.9 Å². The van der Waals surface area contributed by atoms with Crippen molar-refractivity contribution in [2.24, 2.45) is 0 Å². The Bertz CT molecular complexity index is 686. The lowest BCUT2D eigenvalue weighted by Crippen LogP contribution is -2.13. The third kappa shape index (κ3) is 3.22. The summed E-state index contributed by atoms with van der Waals surface area (Å²) < 4.78 is 15.5. The van der Waals surface area contributed by atoms with Crippen molar-refractivity contribution in [1.29, 1.82) is 0 Å². The van der Waals surface area contributed by atoms with Crippen LogP contribution in [-0.4, -0.2) is 27.2 Å². The molecule has 0 heterocycles. The second-order valence-corrected chi connectivity index (χ2v) is 4.48. The first kappa shape index (κ1) is 15.5. The molecule has 0 bridgehead atoms. The quantitative estimate of drug-likeness (QED) is 0.829. The molecule has 2 aromatic rings. The molecule has 2 rings (SSSR count). The summed E-state index contributed by atoms with van der Waals surface area (Å²) in [7, 11) is 4.58.